The Morgan fingerprint density at radius 3 is 1.00 bits per heavy atom. The lowest BCUT2D eigenvalue weighted by Gasteiger charge is -2.21. The summed E-state index contributed by atoms with van der Waals surface area (Å²) in [5.41, 5.74) is 0. The van der Waals surface area contributed by atoms with Gasteiger partial charge in [0.15, 0.2) is 0 Å². The Morgan fingerprint density at radius 1 is 0.414 bits per heavy atom. The molecule has 0 heterocycles. The van der Waals surface area contributed by atoms with Gasteiger partial charge in [-0.3, -0.25) is 4.79 Å². The largest absolute Gasteiger partial charge is 0.394 e. The first-order chi connectivity index (χ1) is 28.6. The fraction of sp³-hybridized carbons (Fsp3) is 0.906. The van der Waals surface area contributed by atoms with Crippen LogP contribution in [0.3, 0.4) is 0 Å². The molecule has 58 heavy (non-hydrogen) atoms. The second-order valence-electron chi connectivity index (χ2n) is 18.1. The van der Waals surface area contributed by atoms with Crippen LogP contribution in [-0.4, -0.2) is 46.1 Å². The van der Waals surface area contributed by atoms with Crippen molar-refractivity contribution in [1.82, 2.24) is 5.32 Å². The zero-order valence-corrected chi connectivity index (χ0v) is 39.2. The highest BCUT2D eigenvalue weighted by Gasteiger charge is 2.22. The molecular formula is C53H103NO4. The van der Waals surface area contributed by atoms with Gasteiger partial charge in [-0.1, -0.05) is 263 Å². The van der Waals surface area contributed by atoms with Gasteiger partial charge in [0.25, 0.3) is 0 Å². The van der Waals surface area contributed by atoms with E-state index in [4.69, 9.17) is 0 Å². The SMILES string of the molecule is CCCCCCCCCCCC/C=C/C(O)C(CO)NC(=O)C(O)CCCCCCCCCCCCCCCCCC/C=C\CCCCCCCCCCCCCC. The van der Waals surface area contributed by atoms with E-state index < -0.39 is 24.2 Å². The fourth-order valence-corrected chi connectivity index (χ4v) is 8.18. The summed E-state index contributed by atoms with van der Waals surface area (Å²) in [6.45, 7) is 4.19. The quantitative estimate of drug-likeness (QED) is 0.0364. The number of carbonyl (C=O) groups is 1. The first-order valence-electron chi connectivity index (χ1n) is 26.2. The van der Waals surface area contributed by atoms with Crippen LogP contribution in [0.1, 0.15) is 284 Å². The van der Waals surface area contributed by atoms with Crippen LogP contribution < -0.4 is 5.32 Å². The van der Waals surface area contributed by atoms with Crippen molar-refractivity contribution in [3.63, 3.8) is 0 Å². The van der Waals surface area contributed by atoms with Crippen molar-refractivity contribution in [2.45, 2.75) is 302 Å². The lowest BCUT2D eigenvalue weighted by atomic mass is 10.0. The average molecular weight is 818 g/mol. The number of aliphatic hydroxyl groups is 3. The molecule has 3 unspecified atom stereocenters. The van der Waals surface area contributed by atoms with E-state index in [1.807, 2.05) is 6.08 Å². The minimum absolute atomic E-state index is 0.361. The normalized spacial score (nSPS) is 13.5. The molecule has 1 amide bonds. The van der Waals surface area contributed by atoms with Gasteiger partial charge in [-0.25, -0.2) is 0 Å². The number of carbonyl (C=O) groups excluding carboxylic acids is 1. The van der Waals surface area contributed by atoms with Crippen LogP contribution in [0.5, 0.6) is 0 Å². The molecule has 4 N–H and O–H groups in total. The van der Waals surface area contributed by atoms with Gasteiger partial charge >= 0.3 is 0 Å². The summed E-state index contributed by atoms with van der Waals surface area (Å²) < 4.78 is 0. The smallest absolute Gasteiger partial charge is 0.249 e. The zero-order valence-electron chi connectivity index (χ0n) is 39.2. The molecule has 0 radical (unpaired) electrons. The number of allylic oxidation sites excluding steroid dienone is 3. The van der Waals surface area contributed by atoms with E-state index in [-0.39, 0.29) is 6.61 Å². The van der Waals surface area contributed by atoms with Crippen molar-refractivity contribution in [3.8, 4) is 0 Å². The number of rotatable bonds is 48. The van der Waals surface area contributed by atoms with Crippen molar-refractivity contribution in [2.75, 3.05) is 6.61 Å². The predicted molar refractivity (Wildman–Crippen MR) is 255 cm³/mol. The highest BCUT2D eigenvalue weighted by atomic mass is 16.3. The number of aliphatic hydroxyl groups excluding tert-OH is 3. The van der Waals surface area contributed by atoms with Crippen molar-refractivity contribution in [1.29, 1.82) is 0 Å². The third kappa shape index (κ3) is 42.9. The van der Waals surface area contributed by atoms with Gasteiger partial charge < -0.3 is 20.6 Å². The molecule has 3 atom stereocenters. The maximum atomic E-state index is 12.5. The van der Waals surface area contributed by atoms with E-state index in [2.05, 4.69) is 31.3 Å². The van der Waals surface area contributed by atoms with Crippen LogP contribution in [0.4, 0.5) is 0 Å². The van der Waals surface area contributed by atoms with Gasteiger partial charge in [-0.15, -0.1) is 0 Å². The Bertz CT molecular complexity index is 859. The first kappa shape index (κ1) is 56.8. The summed E-state index contributed by atoms with van der Waals surface area (Å²) in [5, 5.41) is 33.2. The Kier molecular flexibility index (Phi) is 47.5. The molecule has 5 heteroatoms. The topological polar surface area (TPSA) is 89.8 Å². The molecular weight excluding hydrogens is 715 g/mol. The molecule has 0 aromatic heterocycles. The predicted octanol–water partition coefficient (Wildman–Crippen LogP) is 15.7. The van der Waals surface area contributed by atoms with Gasteiger partial charge in [-0.2, -0.15) is 0 Å². The number of nitrogens with one attached hydrogen (secondary N) is 1. The highest BCUT2D eigenvalue weighted by Crippen LogP contribution is 2.17. The Morgan fingerprint density at radius 2 is 0.690 bits per heavy atom. The Balaban J connectivity index is 3.49. The van der Waals surface area contributed by atoms with E-state index >= 15 is 0 Å². The summed E-state index contributed by atoms with van der Waals surface area (Å²) >= 11 is 0. The van der Waals surface area contributed by atoms with Crippen molar-refractivity contribution < 1.29 is 20.1 Å². The zero-order chi connectivity index (χ0) is 42.3. The molecule has 0 bridgehead atoms. The maximum Gasteiger partial charge on any atom is 0.249 e. The van der Waals surface area contributed by atoms with Crippen LogP contribution in [0.15, 0.2) is 24.3 Å². The second kappa shape index (κ2) is 48.5. The summed E-state index contributed by atoms with van der Waals surface area (Å²) in [7, 11) is 0. The summed E-state index contributed by atoms with van der Waals surface area (Å²) in [4.78, 5) is 12.5. The second-order valence-corrected chi connectivity index (χ2v) is 18.1. The van der Waals surface area contributed by atoms with Crippen molar-refractivity contribution >= 4 is 5.91 Å². The average Bonchev–Trinajstić information content (AvgIpc) is 3.23. The molecule has 0 spiro atoms. The fourth-order valence-electron chi connectivity index (χ4n) is 8.18. The molecule has 5 nitrogen and oxygen atoms in total. The molecule has 0 aliphatic carbocycles. The van der Waals surface area contributed by atoms with Crippen molar-refractivity contribution in [2.24, 2.45) is 0 Å². The van der Waals surface area contributed by atoms with Crippen LogP contribution >= 0.6 is 0 Å². The minimum atomic E-state index is -1.09. The summed E-state index contributed by atoms with van der Waals surface area (Å²) in [5.74, 6) is -0.500. The van der Waals surface area contributed by atoms with Crippen molar-refractivity contribution in [3.05, 3.63) is 24.3 Å². The number of unbranched alkanes of at least 4 members (excludes halogenated alkanes) is 38. The van der Waals surface area contributed by atoms with Crippen LogP contribution in [0, 0.1) is 0 Å². The highest BCUT2D eigenvalue weighted by molar-refractivity contribution is 5.80. The van der Waals surface area contributed by atoms with Gasteiger partial charge in [0.05, 0.1) is 18.8 Å². The monoisotopic (exact) mass is 818 g/mol. The van der Waals surface area contributed by atoms with Crippen LogP contribution in [0.2, 0.25) is 0 Å². The Labute approximate surface area is 362 Å². The molecule has 0 saturated heterocycles. The number of amides is 1. The van der Waals surface area contributed by atoms with Gasteiger partial charge in [0.1, 0.15) is 6.10 Å². The lowest BCUT2D eigenvalue weighted by molar-refractivity contribution is -0.131. The minimum Gasteiger partial charge on any atom is -0.394 e. The summed E-state index contributed by atoms with van der Waals surface area (Å²) in [6.07, 6.45) is 61.1. The number of hydrogen-bond acceptors (Lipinski definition) is 4. The molecule has 0 aliphatic heterocycles. The van der Waals surface area contributed by atoms with Crippen LogP contribution in [0.25, 0.3) is 0 Å². The van der Waals surface area contributed by atoms with E-state index in [0.29, 0.717) is 6.42 Å². The van der Waals surface area contributed by atoms with E-state index in [1.54, 1.807) is 6.08 Å². The van der Waals surface area contributed by atoms with Crippen LogP contribution in [-0.2, 0) is 4.79 Å². The Hall–Kier alpha value is -1.17. The molecule has 0 rings (SSSR count). The third-order valence-electron chi connectivity index (χ3n) is 12.3. The van der Waals surface area contributed by atoms with Gasteiger partial charge in [-0.05, 0) is 44.9 Å². The standard InChI is InChI=1S/C53H103NO4/c1-3-5-7-9-11-13-15-17-18-19-20-21-22-23-24-25-26-27-28-29-30-31-32-33-34-35-36-38-40-42-44-46-48-52(57)53(58)54-50(49-55)51(56)47-45-43-41-39-37-16-14-12-10-8-6-4-2/h23-24,45,47,50-52,55-57H,3-22,25-44,46,48-49H2,1-2H3,(H,54,58)/b24-23-,47-45+. The van der Waals surface area contributed by atoms with Gasteiger partial charge in [0.2, 0.25) is 5.91 Å². The van der Waals surface area contributed by atoms with Gasteiger partial charge in [0, 0.05) is 0 Å². The van der Waals surface area contributed by atoms with E-state index in [0.717, 1.165) is 32.1 Å². The molecule has 0 fully saturated rings. The number of hydrogen-bond donors (Lipinski definition) is 4. The molecule has 0 aromatic carbocycles. The van der Waals surface area contributed by atoms with E-state index in [9.17, 15) is 20.1 Å². The first-order valence-corrected chi connectivity index (χ1v) is 26.2. The van der Waals surface area contributed by atoms with E-state index in [1.165, 1.54) is 231 Å². The molecule has 344 valence electrons. The summed E-state index contributed by atoms with van der Waals surface area (Å²) in [6, 6.07) is -0.794. The maximum absolute atomic E-state index is 12.5. The molecule has 0 aliphatic rings. The lowest BCUT2D eigenvalue weighted by Crippen LogP contribution is -2.48. The molecule has 0 saturated carbocycles. The third-order valence-corrected chi connectivity index (χ3v) is 12.3. The molecule has 0 aromatic rings.